The molecule has 0 spiro atoms. The lowest BCUT2D eigenvalue weighted by Crippen LogP contribution is -1.87. The number of rotatable bonds is 2. The van der Waals surface area contributed by atoms with Gasteiger partial charge in [0.2, 0.25) is 0 Å². The van der Waals surface area contributed by atoms with Gasteiger partial charge in [-0.25, -0.2) is 4.52 Å². The Kier molecular flexibility index (Phi) is 2.40. The van der Waals surface area contributed by atoms with Crippen molar-refractivity contribution in [3.63, 3.8) is 0 Å². The molecule has 0 saturated carbocycles. The molecule has 0 radical (unpaired) electrons. The van der Waals surface area contributed by atoms with Crippen molar-refractivity contribution in [2.45, 2.75) is 0 Å². The Morgan fingerprint density at radius 2 is 1.40 bits per heavy atom. The molecule has 0 saturated heterocycles. The van der Waals surface area contributed by atoms with Crippen LogP contribution in [-0.2, 0) is 4.57 Å². The molecule has 0 fully saturated rings. The van der Waals surface area contributed by atoms with Gasteiger partial charge in [-0.05, 0) is 33.7 Å². The maximum absolute atomic E-state index is 11.0. The highest BCUT2D eigenvalue weighted by atomic mass is 31.1. The van der Waals surface area contributed by atoms with Gasteiger partial charge < -0.3 is 0 Å². The van der Waals surface area contributed by atoms with Crippen LogP contribution in [0.25, 0.3) is 32.3 Å². The molecule has 4 heteroatoms. The summed E-state index contributed by atoms with van der Waals surface area (Å²) in [6, 6.07) is 17.9. The number of benzene rings is 4. The topological polar surface area (TPSA) is 46.5 Å². The van der Waals surface area contributed by atoms with E-state index < -0.39 is 8.25 Å². The van der Waals surface area contributed by atoms with E-state index in [1.165, 1.54) is 5.39 Å². The molecule has 0 heterocycles. The van der Waals surface area contributed by atoms with E-state index in [-0.39, 0.29) is 0 Å². The summed E-state index contributed by atoms with van der Waals surface area (Å²) in [5.74, 6) is 0.444. The first-order valence-electron chi connectivity index (χ1n) is 6.25. The molecule has 20 heavy (non-hydrogen) atoms. The highest BCUT2D eigenvalue weighted by molar-refractivity contribution is 7.32. The molecule has 1 unspecified atom stereocenters. The third-order valence-corrected chi connectivity index (χ3v) is 4.02. The van der Waals surface area contributed by atoms with Crippen molar-refractivity contribution in [1.29, 1.82) is 0 Å². The summed E-state index contributed by atoms with van der Waals surface area (Å²) < 4.78 is 16.0. The summed E-state index contributed by atoms with van der Waals surface area (Å²) in [5.41, 5.74) is 0. The predicted octanol–water partition coefficient (Wildman–Crippen LogP) is 4.61. The molecule has 96 valence electrons. The number of hydrogen-bond acceptors (Lipinski definition) is 2. The fourth-order valence-electron chi connectivity index (χ4n) is 2.87. The molecule has 0 aromatic heterocycles. The molecule has 1 N–H and O–H groups in total. The molecule has 1 atom stereocenters. The summed E-state index contributed by atoms with van der Waals surface area (Å²) in [6.45, 7) is 0. The lowest BCUT2D eigenvalue weighted by molar-refractivity contribution is 0.412. The fraction of sp³-hybridized carbons (Fsp3) is 0. The monoisotopic (exact) mass is 281 g/mol. The largest absolute Gasteiger partial charge is 0.747 e. The van der Waals surface area contributed by atoms with Gasteiger partial charge in [0, 0.05) is 15.3 Å². The second-order valence-electron chi connectivity index (χ2n) is 4.75. The summed E-state index contributed by atoms with van der Waals surface area (Å²) in [6.07, 6.45) is 0. The van der Waals surface area contributed by atoms with Crippen molar-refractivity contribution in [1.82, 2.24) is 0 Å². The average Bonchev–Trinajstić information content (AvgIpc) is 2.46. The minimum atomic E-state index is -2.66. The zero-order valence-corrected chi connectivity index (χ0v) is 11.3. The quantitative estimate of drug-likeness (QED) is 0.431. The molecule has 4 aromatic rings. The molecule has 0 aliphatic heterocycles. The van der Waals surface area contributed by atoms with Crippen LogP contribution in [0.4, 0.5) is 0 Å². The van der Waals surface area contributed by atoms with Gasteiger partial charge in [-0.2, -0.15) is 0 Å². The van der Waals surface area contributed by atoms with E-state index in [0.29, 0.717) is 5.75 Å². The molecule has 0 bridgehead atoms. The third kappa shape index (κ3) is 1.58. The molecule has 0 aliphatic carbocycles. The smallest absolute Gasteiger partial charge is 0.229 e. The van der Waals surface area contributed by atoms with E-state index in [4.69, 9.17) is 9.42 Å². The molecular weight excluding hydrogens is 271 g/mol. The first-order valence-corrected chi connectivity index (χ1v) is 7.38. The lowest BCUT2D eigenvalue weighted by Gasteiger charge is -2.10. The summed E-state index contributed by atoms with van der Waals surface area (Å²) >= 11 is 0. The second-order valence-corrected chi connectivity index (χ2v) is 5.41. The first kappa shape index (κ1) is 11.6. The van der Waals surface area contributed by atoms with Crippen LogP contribution < -0.4 is 4.52 Å². The van der Waals surface area contributed by atoms with Gasteiger partial charge in [-0.1, -0.05) is 42.5 Å². The van der Waals surface area contributed by atoms with E-state index in [0.717, 1.165) is 26.9 Å². The molecule has 0 aliphatic rings. The summed E-state index contributed by atoms with van der Waals surface area (Å²) in [5, 5.41) is 6.53. The van der Waals surface area contributed by atoms with Crippen LogP contribution in [0.15, 0.2) is 54.6 Å². The van der Waals surface area contributed by atoms with E-state index in [9.17, 15) is 4.57 Å². The van der Waals surface area contributed by atoms with Crippen LogP contribution in [-0.4, -0.2) is 4.89 Å². The maximum Gasteiger partial charge on any atom is 0.747 e. The van der Waals surface area contributed by atoms with Crippen molar-refractivity contribution < 1.29 is 14.0 Å². The highest BCUT2D eigenvalue weighted by Crippen LogP contribution is 2.40. The van der Waals surface area contributed by atoms with Crippen LogP contribution in [0.2, 0.25) is 0 Å². The van der Waals surface area contributed by atoms with Crippen molar-refractivity contribution in [3.05, 3.63) is 54.6 Å². The Hall–Kier alpha value is -2.22. The van der Waals surface area contributed by atoms with Gasteiger partial charge in [0.1, 0.15) is 0 Å². The Morgan fingerprint density at radius 3 is 2.10 bits per heavy atom. The zero-order valence-electron chi connectivity index (χ0n) is 10.4. The van der Waals surface area contributed by atoms with Crippen molar-refractivity contribution in [3.8, 4) is 5.75 Å². The molecule has 0 amide bonds. The number of hydrogen-bond donors (Lipinski definition) is 1. The van der Waals surface area contributed by atoms with Crippen molar-refractivity contribution in [2.24, 2.45) is 0 Å². The Balaban J connectivity index is 2.23. The third-order valence-electron chi connectivity index (χ3n) is 3.67. The fourth-order valence-corrected chi connectivity index (χ4v) is 3.20. The van der Waals surface area contributed by atoms with Gasteiger partial charge in [0.25, 0.3) is 0 Å². The van der Waals surface area contributed by atoms with Crippen LogP contribution in [0, 0.1) is 0 Å². The van der Waals surface area contributed by atoms with Gasteiger partial charge in [0.15, 0.2) is 5.75 Å². The van der Waals surface area contributed by atoms with Crippen molar-refractivity contribution in [2.75, 3.05) is 0 Å². The van der Waals surface area contributed by atoms with E-state index in [2.05, 4.69) is 24.3 Å². The minimum Gasteiger partial charge on any atom is -0.229 e. The van der Waals surface area contributed by atoms with Gasteiger partial charge in [0.05, 0.1) is 0 Å². The lowest BCUT2D eigenvalue weighted by atomic mass is 9.94. The Labute approximate surface area is 115 Å². The average molecular weight is 281 g/mol. The summed E-state index contributed by atoms with van der Waals surface area (Å²) in [7, 11) is -2.66. The van der Waals surface area contributed by atoms with Crippen molar-refractivity contribution >= 4 is 40.6 Å². The second kappa shape index (κ2) is 4.14. The van der Waals surface area contributed by atoms with Crippen LogP contribution in [0.1, 0.15) is 0 Å². The zero-order chi connectivity index (χ0) is 13.7. The SMILES string of the molecule is O=[P+](O)Oc1ccc2ccc3cccc4ccc1c2c34. The Bertz CT molecular complexity index is 946. The van der Waals surface area contributed by atoms with E-state index in [1.54, 1.807) is 6.07 Å². The van der Waals surface area contributed by atoms with Crippen LogP contribution in [0.5, 0.6) is 5.75 Å². The molecule has 4 aromatic carbocycles. The molecular formula is C16H10O3P+. The van der Waals surface area contributed by atoms with Gasteiger partial charge >= 0.3 is 8.25 Å². The molecule has 4 rings (SSSR count). The predicted molar refractivity (Wildman–Crippen MR) is 80.6 cm³/mol. The first-order chi connectivity index (χ1) is 9.74. The van der Waals surface area contributed by atoms with Crippen LogP contribution in [0.3, 0.4) is 0 Å². The minimum absolute atomic E-state index is 0.444. The van der Waals surface area contributed by atoms with Gasteiger partial charge in [-0.3, -0.25) is 0 Å². The van der Waals surface area contributed by atoms with E-state index >= 15 is 0 Å². The Morgan fingerprint density at radius 1 is 0.800 bits per heavy atom. The van der Waals surface area contributed by atoms with Gasteiger partial charge in [-0.15, -0.1) is 4.89 Å². The maximum atomic E-state index is 11.0. The highest BCUT2D eigenvalue weighted by Gasteiger charge is 2.18. The summed E-state index contributed by atoms with van der Waals surface area (Å²) in [4.78, 5) is 8.99. The normalized spacial score (nSPS) is 12.3. The van der Waals surface area contributed by atoms with Crippen LogP contribution >= 0.6 is 8.25 Å². The molecule has 3 nitrogen and oxygen atoms in total. The standard InChI is InChI=1S/C16H9O3P/c17-20(18)19-14-9-7-12-5-4-10-2-1-3-11-6-8-13(14)16(12)15(10)11/h1-9H/p+1. The van der Waals surface area contributed by atoms with E-state index in [1.807, 2.05) is 24.3 Å².